The fourth-order valence-electron chi connectivity index (χ4n) is 6.68. The molecule has 0 radical (unpaired) electrons. The summed E-state index contributed by atoms with van der Waals surface area (Å²) in [6.45, 7) is 6.45. The Bertz CT molecular complexity index is 1280. The van der Waals surface area contributed by atoms with Crippen molar-refractivity contribution in [1.82, 2.24) is 24.5 Å². The predicted molar refractivity (Wildman–Crippen MR) is 132 cm³/mol. The van der Waals surface area contributed by atoms with Crippen molar-refractivity contribution < 1.29 is 14.6 Å². The van der Waals surface area contributed by atoms with Crippen LogP contribution in [-0.2, 0) is 15.0 Å². The molecular weight excluding hydrogens is 468 g/mol. The molecule has 0 spiro atoms. The average Bonchev–Trinajstić information content (AvgIpc) is 3.52. The van der Waals surface area contributed by atoms with Gasteiger partial charge in [-0.05, 0) is 19.1 Å². The Kier molecular flexibility index (Phi) is 4.68. The van der Waals surface area contributed by atoms with Crippen LogP contribution in [0.1, 0.15) is 26.2 Å². The van der Waals surface area contributed by atoms with Gasteiger partial charge in [0.1, 0.15) is 5.69 Å². The lowest BCUT2D eigenvalue weighted by atomic mass is 9.46. The first-order valence-electron chi connectivity index (χ1n) is 12.4. The lowest BCUT2D eigenvalue weighted by Gasteiger charge is -2.68. The standard InChI is InChI=1S/C25H31ClN6O3/c1-23(16-35-12-22(23)33)30-5-3-29(4-6-30)21-8-20-17(7-19(21)26)9-28-32(20)18-10-27-31(11-18)24-13-25(14-24,15-24)34-2/h7-11,22,33H,3-6,12-16H2,1-2H3/t22-,23+,24?,25?/m1/s1. The number of nitrogens with zero attached hydrogens (tertiary/aromatic N) is 6. The molecule has 9 nitrogen and oxygen atoms in total. The summed E-state index contributed by atoms with van der Waals surface area (Å²) in [7, 11) is 1.81. The van der Waals surface area contributed by atoms with Crippen LogP contribution >= 0.6 is 11.6 Å². The molecule has 0 unspecified atom stereocenters. The second-order valence-corrected chi connectivity index (χ2v) is 11.5. The number of anilines is 1. The van der Waals surface area contributed by atoms with Crippen LogP contribution in [0.4, 0.5) is 5.69 Å². The molecule has 10 heteroatoms. The summed E-state index contributed by atoms with van der Waals surface area (Å²) in [6, 6.07) is 4.15. The molecule has 4 heterocycles. The van der Waals surface area contributed by atoms with E-state index < -0.39 is 6.10 Å². The fraction of sp³-hybridized carbons (Fsp3) is 0.600. The lowest BCUT2D eigenvalue weighted by molar-refractivity contribution is -0.265. The van der Waals surface area contributed by atoms with Crippen molar-refractivity contribution in [3.05, 3.63) is 35.7 Å². The third kappa shape index (κ3) is 3.08. The summed E-state index contributed by atoms with van der Waals surface area (Å²) >= 11 is 6.75. The van der Waals surface area contributed by atoms with E-state index in [9.17, 15) is 5.11 Å². The second kappa shape index (κ2) is 7.43. The van der Waals surface area contributed by atoms with Crippen LogP contribution in [0.25, 0.3) is 16.6 Å². The minimum Gasteiger partial charge on any atom is -0.389 e. The number of hydrogen-bond donors (Lipinski definition) is 1. The molecule has 3 saturated carbocycles. The van der Waals surface area contributed by atoms with Gasteiger partial charge in [-0.1, -0.05) is 11.6 Å². The molecular formula is C25H31ClN6O3. The maximum Gasteiger partial charge on any atom is 0.103 e. The molecule has 1 N–H and O–H groups in total. The zero-order valence-electron chi connectivity index (χ0n) is 20.2. The van der Waals surface area contributed by atoms with E-state index in [-0.39, 0.29) is 16.7 Å². The molecule has 5 aliphatic rings. The first-order valence-corrected chi connectivity index (χ1v) is 12.8. The minimum atomic E-state index is -0.449. The molecule has 5 fully saturated rings. The van der Waals surface area contributed by atoms with Crippen molar-refractivity contribution in [3.8, 4) is 5.69 Å². The number of halogens is 1. The largest absolute Gasteiger partial charge is 0.389 e. The average molecular weight is 499 g/mol. The van der Waals surface area contributed by atoms with Crippen LogP contribution in [-0.4, -0.2) is 93.3 Å². The molecule has 8 rings (SSSR count). The number of fused-ring (bicyclic) bond motifs is 1. The normalized spacial score (nSPS) is 34.9. The number of methoxy groups -OCH3 is 1. The van der Waals surface area contributed by atoms with Crippen LogP contribution in [0.15, 0.2) is 30.7 Å². The van der Waals surface area contributed by atoms with Crippen molar-refractivity contribution in [3.63, 3.8) is 0 Å². The van der Waals surface area contributed by atoms with E-state index in [0.29, 0.717) is 13.2 Å². The van der Waals surface area contributed by atoms with Crippen LogP contribution in [0, 0.1) is 0 Å². The fourth-order valence-corrected chi connectivity index (χ4v) is 6.97. The van der Waals surface area contributed by atoms with Crippen molar-refractivity contribution in [1.29, 1.82) is 0 Å². The third-order valence-corrected chi connectivity index (χ3v) is 9.36. The zero-order chi connectivity index (χ0) is 24.0. The highest BCUT2D eigenvalue weighted by Gasteiger charge is 2.70. The van der Waals surface area contributed by atoms with Gasteiger partial charge in [-0.25, -0.2) is 4.68 Å². The second-order valence-electron chi connectivity index (χ2n) is 11.1. The number of aromatic nitrogens is 4. The summed E-state index contributed by atoms with van der Waals surface area (Å²) in [5.74, 6) is 0. The van der Waals surface area contributed by atoms with E-state index in [4.69, 9.17) is 26.2 Å². The number of ether oxygens (including phenoxy) is 2. The third-order valence-electron chi connectivity index (χ3n) is 9.05. The molecule has 2 aromatic heterocycles. The van der Waals surface area contributed by atoms with Crippen molar-refractivity contribution in [2.24, 2.45) is 0 Å². The zero-order valence-corrected chi connectivity index (χ0v) is 20.9. The Balaban J connectivity index is 1.13. The van der Waals surface area contributed by atoms with Crippen molar-refractivity contribution >= 4 is 28.2 Å². The van der Waals surface area contributed by atoms with Gasteiger partial charge in [-0.2, -0.15) is 10.2 Å². The Morgan fingerprint density at radius 2 is 1.89 bits per heavy atom. The molecule has 186 valence electrons. The van der Waals surface area contributed by atoms with Gasteiger partial charge in [0.25, 0.3) is 0 Å². The van der Waals surface area contributed by atoms with Gasteiger partial charge in [0, 0.05) is 57.9 Å². The van der Waals surface area contributed by atoms with Gasteiger partial charge < -0.3 is 19.5 Å². The van der Waals surface area contributed by atoms with Crippen LogP contribution < -0.4 is 4.90 Å². The number of aliphatic hydroxyl groups excluding tert-OH is 1. The molecule has 2 atom stereocenters. The highest BCUT2D eigenvalue weighted by atomic mass is 35.5. The van der Waals surface area contributed by atoms with Crippen LogP contribution in [0.3, 0.4) is 0 Å². The maximum atomic E-state index is 10.4. The molecule has 35 heavy (non-hydrogen) atoms. The molecule has 0 amide bonds. The monoisotopic (exact) mass is 498 g/mol. The lowest BCUT2D eigenvalue weighted by Crippen LogP contribution is -2.73. The molecule has 2 saturated heterocycles. The number of benzene rings is 1. The Morgan fingerprint density at radius 1 is 1.11 bits per heavy atom. The highest BCUT2D eigenvalue weighted by Crippen LogP contribution is 2.66. The van der Waals surface area contributed by atoms with Gasteiger partial charge in [0.2, 0.25) is 0 Å². The Morgan fingerprint density at radius 3 is 2.57 bits per heavy atom. The first kappa shape index (κ1) is 22.1. The van der Waals surface area contributed by atoms with E-state index in [0.717, 1.165) is 72.7 Å². The Labute approximate surface area is 209 Å². The van der Waals surface area contributed by atoms with E-state index in [2.05, 4.69) is 38.8 Å². The quantitative estimate of drug-likeness (QED) is 0.578. The summed E-state index contributed by atoms with van der Waals surface area (Å²) < 4.78 is 15.3. The molecule has 2 bridgehead atoms. The van der Waals surface area contributed by atoms with Gasteiger partial charge in [0.15, 0.2) is 0 Å². The number of hydrogen-bond acceptors (Lipinski definition) is 7. The van der Waals surface area contributed by atoms with E-state index >= 15 is 0 Å². The topological polar surface area (TPSA) is 80.8 Å². The minimum absolute atomic E-state index is 0.0838. The molecule has 1 aromatic carbocycles. The molecule has 2 aliphatic heterocycles. The van der Waals surface area contributed by atoms with E-state index in [1.807, 2.05) is 30.3 Å². The summed E-state index contributed by atoms with van der Waals surface area (Å²) in [5, 5.41) is 21.5. The highest BCUT2D eigenvalue weighted by molar-refractivity contribution is 6.34. The summed E-state index contributed by atoms with van der Waals surface area (Å²) in [4.78, 5) is 4.68. The van der Waals surface area contributed by atoms with Crippen LogP contribution in [0.2, 0.25) is 5.02 Å². The number of rotatable bonds is 5. The molecule has 3 aromatic rings. The Hall–Kier alpha value is -2.17. The van der Waals surface area contributed by atoms with Crippen molar-refractivity contribution in [2.45, 2.75) is 49.0 Å². The van der Waals surface area contributed by atoms with E-state index in [1.54, 1.807) is 0 Å². The van der Waals surface area contributed by atoms with Gasteiger partial charge in [-0.3, -0.25) is 9.58 Å². The summed E-state index contributed by atoms with van der Waals surface area (Å²) in [6.07, 6.45) is 8.52. The van der Waals surface area contributed by atoms with E-state index in [1.165, 1.54) is 0 Å². The number of piperazine rings is 1. The van der Waals surface area contributed by atoms with Gasteiger partial charge >= 0.3 is 0 Å². The predicted octanol–water partition coefficient (Wildman–Crippen LogP) is 2.43. The SMILES string of the molecule is COC12CC(n3cc(-n4ncc5cc(Cl)c(N6CCN([C@@]7(C)COC[C@H]7O)CC6)cc54)cn3)(C1)C2. The summed E-state index contributed by atoms with van der Waals surface area (Å²) in [5.41, 5.74) is 2.87. The van der Waals surface area contributed by atoms with Crippen molar-refractivity contribution in [2.75, 3.05) is 51.4 Å². The first-order chi connectivity index (χ1) is 16.8. The maximum absolute atomic E-state index is 10.4. The van der Waals surface area contributed by atoms with Crippen LogP contribution in [0.5, 0.6) is 0 Å². The number of aliphatic hydroxyl groups is 1. The molecule has 3 aliphatic carbocycles. The van der Waals surface area contributed by atoms with Gasteiger partial charge in [-0.15, -0.1) is 0 Å². The smallest absolute Gasteiger partial charge is 0.103 e. The van der Waals surface area contributed by atoms with Gasteiger partial charge in [0.05, 0.1) is 70.8 Å².